The molecular formula is C29H27F3N2O7. The minimum atomic E-state index is -4.47. The molecule has 41 heavy (non-hydrogen) atoms. The Hall–Kier alpha value is -5.00. The van der Waals surface area contributed by atoms with Crippen LogP contribution in [-0.4, -0.2) is 37.8 Å². The summed E-state index contributed by atoms with van der Waals surface area (Å²) < 4.78 is 57.4. The molecule has 0 unspecified atom stereocenters. The molecular weight excluding hydrogens is 545 g/mol. The summed E-state index contributed by atoms with van der Waals surface area (Å²) in [4.78, 5) is 36.2. The van der Waals surface area contributed by atoms with Crippen molar-refractivity contribution in [3.8, 4) is 17.2 Å². The maximum Gasteiger partial charge on any atom is 0.389 e. The Balaban J connectivity index is 1.53. The number of hydrogen-bond donors (Lipinski definition) is 2. The second kappa shape index (κ2) is 13.9. The smallest absolute Gasteiger partial charge is 0.389 e. The van der Waals surface area contributed by atoms with Crippen molar-refractivity contribution < 1.29 is 46.5 Å². The van der Waals surface area contributed by atoms with Gasteiger partial charge in [-0.3, -0.25) is 4.79 Å². The molecule has 0 bridgehead atoms. The van der Waals surface area contributed by atoms with E-state index < -0.39 is 36.9 Å². The van der Waals surface area contributed by atoms with Crippen molar-refractivity contribution in [1.29, 1.82) is 0 Å². The molecule has 0 aliphatic carbocycles. The molecule has 4 N–H and O–H groups in total. The second-order valence-corrected chi connectivity index (χ2v) is 8.62. The van der Waals surface area contributed by atoms with E-state index in [1.165, 1.54) is 49.6 Å². The summed E-state index contributed by atoms with van der Waals surface area (Å²) in [5, 5.41) is 0. The molecule has 0 fully saturated rings. The number of ether oxygens (including phenoxy) is 4. The highest BCUT2D eigenvalue weighted by atomic mass is 19.4. The number of alkyl halides is 3. The molecule has 0 saturated heterocycles. The van der Waals surface area contributed by atoms with Gasteiger partial charge in [-0.05, 0) is 65.7 Å². The summed E-state index contributed by atoms with van der Waals surface area (Å²) in [7, 11) is 1.37. The molecule has 3 rings (SSSR count). The van der Waals surface area contributed by atoms with Crippen LogP contribution in [0.4, 0.5) is 24.5 Å². The molecule has 0 radical (unpaired) electrons. The van der Waals surface area contributed by atoms with Crippen molar-refractivity contribution in [3.63, 3.8) is 0 Å². The number of carbonyl (C=O) groups is 3. The number of anilines is 2. The summed E-state index contributed by atoms with van der Waals surface area (Å²) in [6.07, 6.45) is -3.41. The number of carbonyl (C=O) groups excluding carboxylic acids is 3. The molecule has 0 spiro atoms. The average Bonchev–Trinajstić information content (AvgIpc) is 2.92. The quantitative estimate of drug-likeness (QED) is 0.139. The molecule has 0 aromatic heterocycles. The van der Waals surface area contributed by atoms with E-state index >= 15 is 0 Å². The van der Waals surface area contributed by atoms with Crippen molar-refractivity contribution in [1.82, 2.24) is 0 Å². The summed E-state index contributed by atoms with van der Waals surface area (Å²) in [5.74, 6) is -2.08. The predicted molar refractivity (Wildman–Crippen MR) is 144 cm³/mol. The van der Waals surface area contributed by atoms with E-state index in [2.05, 4.69) is 0 Å². The van der Waals surface area contributed by atoms with E-state index in [1.807, 2.05) is 0 Å². The number of rotatable bonds is 11. The lowest BCUT2D eigenvalue weighted by atomic mass is 10.1. The molecule has 3 aromatic carbocycles. The fourth-order valence-corrected chi connectivity index (χ4v) is 3.43. The normalized spacial score (nSPS) is 11.2. The van der Waals surface area contributed by atoms with Crippen LogP contribution in [0.1, 0.15) is 34.3 Å². The van der Waals surface area contributed by atoms with Gasteiger partial charge in [-0.25, -0.2) is 9.59 Å². The molecule has 3 aromatic rings. The van der Waals surface area contributed by atoms with Gasteiger partial charge in [-0.15, -0.1) is 0 Å². The molecule has 12 heteroatoms. The van der Waals surface area contributed by atoms with Gasteiger partial charge < -0.3 is 30.4 Å². The number of halogens is 3. The highest BCUT2D eigenvalue weighted by Gasteiger charge is 2.28. The van der Waals surface area contributed by atoms with Crippen LogP contribution in [0.2, 0.25) is 0 Å². The fraction of sp³-hybridized carbons (Fsp3) is 0.207. The van der Waals surface area contributed by atoms with E-state index in [0.29, 0.717) is 23.4 Å². The molecule has 0 aliphatic rings. The number of esters is 3. The lowest BCUT2D eigenvalue weighted by Gasteiger charge is -2.11. The Bertz CT molecular complexity index is 1420. The Morgan fingerprint density at radius 2 is 1.63 bits per heavy atom. The average molecular weight is 573 g/mol. The Kier molecular flexibility index (Phi) is 10.3. The van der Waals surface area contributed by atoms with Crippen LogP contribution in [0.25, 0.3) is 6.08 Å². The van der Waals surface area contributed by atoms with Gasteiger partial charge in [0, 0.05) is 23.9 Å². The largest absolute Gasteiger partial charge is 0.493 e. The van der Waals surface area contributed by atoms with Crippen LogP contribution in [0.15, 0.2) is 66.7 Å². The van der Waals surface area contributed by atoms with E-state index in [-0.39, 0.29) is 29.4 Å². The summed E-state index contributed by atoms with van der Waals surface area (Å²) in [6, 6.07) is 14.8. The van der Waals surface area contributed by atoms with Gasteiger partial charge in [0.2, 0.25) is 0 Å². The lowest BCUT2D eigenvalue weighted by molar-refractivity contribution is -0.151. The van der Waals surface area contributed by atoms with Crippen molar-refractivity contribution >= 4 is 35.4 Å². The monoisotopic (exact) mass is 572 g/mol. The lowest BCUT2D eigenvalue weighted by Crippen LogP contribution is -2.14. The molecule has 0 amide bonds. The van der Waals surface area contributed by atoms with Gasteiger partial charge in [0.05, 0.1) is 32.1 Å². The number of methoxy groups -OCH3 is 1. The van der Waals surface area contributed by atoms with Crippen LogP contribution >= 0.6 is 0 Å². The van der Waals surface area contributed by atoms with E-state index in [4.69, 9.17) is 30.4 Å². The maximum absolute atomic E-state index is 12.6. The molecule has 0 atom stereocenters. The first kappa shape index (κ1) is 30.5. The fourth-order valence-electron chi connectivity index (χ4n) is 3.43. The van der Waals surface area contributed by atoms with Crippen molar-refractivity contribution in [2.45, 2.75) is 25.4 Å². The first-order valence-electron chi connectivity index (χ1n) is 12.2. The third-order valence-corrected chi connectivity index (χ3v) is 5.52. The highest BCUT2D eigenvalue weighted by Crippen LogP contribution is 2.30. The van der Waals surface area contributed by atoms with Gasteiger partial charge in [-0.1, -0.05) is 12.1 Å². The van der Waals surface area contributed by atoms with Gasteiger partial charge in [0.25, 0.3) is 0 Å². The topological polar surface area (TPSA) is 140 Å². The van der Waals surface area contributed by atoms with Crippen LogP contribution in [0.5, 0.6) is 17.2 Å². The maximum atomic E-state index is 12.6. The van der Waals surface area contributed by atoms with Crippen LogP contribution in [0, 0.1) is 0 Å². The first-order valence-corrected chi connectivity index (χ1v) is 12.2. The SMILES string of the molecule is COc1cc(/C=C/C(=O)OCCc2ccc(N)cc2N)ccc1OC(=O)c1ccc(OC(=O)CCC(F)(F)F)cc1. The third-order valence-electron chi connectivity index (χ3n) is 5.52. The predicted octanol–water partition coefficient (Wildman–Crippen LogP) is 5.13. The zero-order chi connectivity index (χ0) is 30.0. The first-order chi connectivity index (χ1) is 19.4. The number of nitrogen functional groups attached to an aromatic ring is 2. The van der Waals surface area contributed by atoms with E-state index in [0.717, 1.165) is 5.56 Å². The molecule has 0 saturated carbocycles. The van der Waals surface area contributed by atoms with Crippen molar-refractivity contribution in [2.24, 2.45) is 0 Å². The molecule has 9 nitrogen and oxygen atoms in total. The summed E-state index contributed by atoms with van der Waals surface area (Å²) in [5.41, 5.74) is 14.1. The standard InChI is InChI=1S/C29H27F3N2O7/c1-38-25-16-18(3-11-26(35)39-15-13-19-4-7-21(33)17-23(19)34)2-10-24(25)41-28(37)20-5-8-22(9-6-20)40-27(36)12-14-29(30,31)32/h2-11,16-17H,12-15,33-34H2,1H3/b11-3+. The number of hydrogen-bond acceptors (Lipinski definition) is 9. The van der Waals surface area contributed by atoms with Crippen molar-refractivity contribution in [3.05, 3.63) is 83.4 Å². The minimum absolute atomic E-state index is 0.0182. The van der Waals surface area contributed by atoms with Crippen molar-refractivity contribution in [2.75, 3.05) is 25.2 Å². The minimum Gasteiger partial charge on any atom is -0.493 e. The Labute approximate surface area is 233 Å². The number of nitrogens with two attached hydrogens (primary N) is 2. The summed E-state index contributed by atoms with van der Waals surface area (Å²) in [6.45, 7) is 0.122. The van der Waals surface area contributed by atoms with Crippen LogP contribution in [-0.2, 0) is 20.7 Å². The number of benzene rings is 3. The van der Waals surface area contributed by atoms with Crippen LogP contribution in [0.3, 0.4) is 0 Å². The molecule has 0 aliphatic heterocycles. The van der Waals surface area contributed by atoms with Gasteiger partial charge in [0.1, 0.15) is 5.75 Å². The van der Waals surface area contributed by atoms with Gasteiger partial charge in [-0.2, -0.15) is 13.2 Å². The van der Waals surface area contributed by atoms with Gasteiger partial charge >= 0.3 is 24.1 Å². The summed E-state index contributed by atoms with van der Waals surface area (Å²) >= 11 is 0. The molecule has 0 heterocycles. The zero-order valence-electron chi connectivity index (χ0n) is 21.9. The second-order valence-electron chi connectivity index (χ2n) is 8.62. The van der Waals surface area contributed by atoms with Gasteiger partial charge in [0.15, 0.2) is 11.5 Å². The zero-order valence-corrected chi connectivity index (χ0v) is 21.9. The Morgan fingerprint density at radius 1 is 0.902 bits per heavy atom. The van der Waals surface area contributed by atoms with E-state index in [9.17, 15) is 27.6 Å². The third kappa shape index (κ3) is 9.92. The Morgan fingerprint density at radius 3 is 2.29 bits per heavy atom. The highest BCUT2D eigenvalue weighted by molar-refractivity contribution is 5.92. The van der Waals surface area contributed by atoms with Crippen LogP contribution < -0.4 is 25.7 Å². The van der Waals surface area contributed by atoms with E-state index in [1.54, 1.807) is 30.3 Å². The molecule has 216 valence electrons.